The van der Waals surface area contributed by atoms with Crippen molar-refractivity contribution in [3.63, 3.8) is 0 Å². The van der Waals surface area contributed by atoms with E-state index in [1.807, 2.05) is 6.92 Å². The summed E-state index contributed by atoms with van der Waals surface area (Å²) >= 11 is 0. The molecule has 5 heteroatoms. The maximum atomic E-state index is 12.9. The number of benzene rings is 1. The van der Waals surface area contributed by atoms with Crippen LogP contribution in [0.1, 0.15) is 25.0 Å². The van der Waals surface area contributed by atoms with Gasteiger partial charge in [-0.05, 0) is 24.6 Å². The second kappa shape index (κ2) is 6.12. The molecule has 1 amide bonds. The number of hydrogen-bond donors (Lipinski definition) is 1. The third kappa shape index (κ3) is 3.52. The monoisotopic (exact) mass is 266 g/mol. The van der Waals surface area contributed by atoms with Gasteiger partial charge < -0.3 is 15.4 Å². The highest BCUT2D eigenvalue weighted by molar-refractivity contribution is 5.76. The van der Waals surface area contributed by atoms with Gasteiger partial charge in [-0.3, -0.25) is 4.79 Å². The van der Waals surface area contributed by atoms with Gasteiger partial charge in [0.25, 0.3) is 0 Å². The molecule has 1 aromatic carbocycles. The second-order valence-electron chi connectivity index (χ2n) is 4.82. The van der Waals surface area contributed by atoms with E-state index >= 15 is 0 Å². The molecule has 0 aromatic heterocycles. The molecule has 1 aliphatic heterocycles. The number of nitrogens with zero attached hydrogens (tertiary/aromatic N) is 1. The smallest absolute Gasteiger partial charge is 0.224 e. The fourth-order valence-corrected chi connectivity index (χ4v) is 2.30. The van der Waals surface area contributed by atoms with E-state index in [1.54, 1.807) is 17.0 Å². The number of carbonyl (C=O) groups excluding carboxylic acids is 1. The fourth-order valence-electron chi connectivity index (χ4n) is 2.30. The van der Waals surface area contributed by atoms with Crippen LogP contribution in [0.25, 0.3) is 0 Å². The molecule has 1 heterocycles. The molecule has 0 saturated carbocycles. The van der Waals surface area contributed by atoms with E-state index in [0.29, 0.717) is 26.1 Å². The van der Waals surface area contributed by atoms with Crippen molar-refractivity contribution in [2.24, 2.45) is 5.73 Å². The number of rotatable bonds is 3. The summed E-state index contributed by atoms with van der Waals surface area (Å²) in [5.74, 6) is -0.228. The Morgan fingerprint density at radius 1 is 1.42 bits per heavy atom. The summed E-state index contributed by atoms with van der Waals surface area (Å²) in [5, 5.41) is 0. The molecule has 2 rings (SSSR count). The van der Waals surface area contributed by atoms with Crippen LogP contribution in [-0.2, 0) is 9.53 Å². The summed E-state index contributed by atoms with van der Waals surface area (Å²) in [4.78, 5) is 13.7. The van der Waals surface area contributed by atoms with Crippen molar-refractivity contribution < 1.29 is 13.9 Å². The summed E-state index contributed by atoms with van der Waals surface area (Å²) in [6.45, 7) is 3.36. The van der Waals surface area contributed by atoms with Crippen LogP contribution in [-0.4, -0.2) is 36.5 Å². The SMILES string of the molecule is C[C@@H]1CN(C(=O)CCN)C[C@@H](c2ccc(F)cc2)O1. The van der Waals surface area contributed by atoms with E-state index in [-0.39, 0.29) is 23.9 Å². The van der Waals surface area contributed by atoms with E-state index in [0.717, 1.165) is 5.56 Å². The maximum absolute atomic E-state index is 12.9. The molecule has 2 atom stereocenters. The molecule has 1 aromatic rings. The van der Waals surface area contributed by atoms with Crippen LogP contribution >= 0.6 is 0 Å². The van der Waals surface area contributed by atoms with E-state index in [1.165, 1.54) is 12.1 Å². The molecule has 19 heavy (non-hydrogen) atoms. The van der Waals surface area contributed by atoms with Crippen molar-refractivity contribution in [2.45, 2.75) is 25.6 Å². The molecular formula is C14H19FN2O2. The minimum Gasteiger partial charge on any atom is -0.367 e. The van der Waals surface area contributed by atoms with Crippen molar-refractivity contribution >= 4 is 5.91 Å². The Hall–Kier alpha value is -1.46. The van der Waals surface area contributed by atoms with E-state index in [9.17, 15) is 9.18 Å². The molecule has 0 radical (unpaired) electrons. The Bertz CT molecular complexity index is 436. The third-order valence-electron chi connectivity index (χ3n) is 3.21. The Labute approximate surface area is 112 Å². The summed E-state index contributed by atoms with van der Waals surface area (Å²) in [6.07, 6.45) is 0.111. The standard InChI is InChI=1S/C14H19FN2O2/c1-10-8-17(14(18)6-7-16)9-13(19-10)11-2-4-12(15)5-3-11/h2-5,10,13H,6-9,16H2,1H3/t10-,13+/m1/s1. The van der Waals surface area contributed by atoms with Gasteiger partial charge >= 0.3 is 0 Å². The Morgan fingerprint density at radius 2 is 2.11 bits per heavy atom. The Kier molecular flexibility index (Phi) is 4.50. The normalized spacial score (nSPS) is 23.4. The van der Waals surface area contributed by atoms with Crippen LogP contribution in [0.3, 0.4) is 0 Å². The van der Waals surface area contributed by atoms with E-state index in [4.69, 9.17) is 10.5 Å². The van der Waals surface area contributed by atoms with Gasteiger partial charge in [0.05, 0.1) is 12.6 Å². The lowest BCUT2D eigenvalue weighted by Gasteiger charge is -2.37. The molecule has 0 aliphatic carbocycles. The number of morpholine rings is 1. The first-order chi connectivity index (χ1) is 9.10. The second-order valence-corrected chi connectivity index (χ2v) is 4.82. The van der Waals surface area contributed by atoms with Crippen molar-refractivity contribution in [2.75, 3.05) is 19.6 Å². The molecule has 104 valence electrons. The van der Waals surface area contributed by atoms with Crippen LogP contribution in [0.2, 0.25) is 0 Å². The quantitative estimate of drug-likeness (QED) is 0.901. The Morgan fingerprint density at radius 3 is 2.74 bits per heavy atom. The number of hydrogen-bond acceptors (Lipinski definition) is 3. The highest BCUT2D eigenvalue weighted by Gasteiger charge is 2.28. The molecule has 0 spiro atoms. The molecule has 1 fully saturated rings. The van der Waals surface area contributed by atoms with Gasteiger partial charge in [-0.2, -0.15) is 0 Å². The van der Waals surface area contributed by atoms with E-state index in [2.05, 4.69) is 0 Å². The largest absolute Gasteiger partial charge is 0.367 e. The topological polar surface area (TPSA) is 55.6 Å². The molecule has 0 unspecified atom stereocenters. The van der Waals surface area contributed by atoms with Gasteiger partial charge in [-0.1, -0.05) is 12.1 Å². The molecule has 2 N–H and O–H groups in total. The molecule has 4 nitrogen and oxygen atoms in total. The zero-order valence-electron chi connectivity index (χ0n) is 11.0. The highest BCUT2D eigenvalue weighted by Crippen LogP contribution is 2.25. The first-order valence-electron chi connectivity index (χ1n) is 6.49. The molecular weight excluding hydrogens is 247 g/mol. The number of halogens is 1. The number of nitrogens with two attached hydrogens (primary N) is 1. The van der Waals surface area contributed by atoms with Crippen LogP contribution < -0.4 is 5.73 Å². The fraction of sp³-hybridized carbons (Fsp3) is 0.500. The van der Waals surface area contributed by atoms with Crippen molar-refractivity contribution in [3.05, 3.63) is 35.6 Å². The number of carbonyl (C=O) groups is 1. The Balaban J connectivity index is 2.09. The summed E-state index contributed by atoms with van der Waals surface area (Å²) in [7, 11) is 0. The third-order valence-corrected chi connectivity index (χ3v) is 3.21. The number of amides is 1. The summed E-state index contributed by atoms with van der Waals surface area (Å²) < 4.78 is 18.7. The summed E-state index contributed by atoms with van der Waals surface area (Å²) in [6, 6.07) is 6.21. The maximum Gasteiger partial charge on any atom is 0.224 e. The predicted octanol–water partition coefficient (Wildman–Crippen LogP) is 1.46. The van der Waals surface area contributed by atoms with Crippen molar-refractivity contribution in [1.29, 1.82) is 0 Å². The average molecular weight is 266 g/mol. The van der Waals surface area contributed by atoms with Gasteiger partial charge in [0.1, 0.15) is 11.9 Å². The molecule has 1 aliphatic rings. The van der Waals surface area contributed by atoms with Crippen LogP contribution in [0.4, 0.5) is 4.39 Å². The minimum absolute atomic E-state index is 0.0365. The lowest BCUT2D eigenvalue weighted by atomic mass is 10.1. The first-order valence-corrected chi connectivity index (χ1v) is 6.49. The summed E-state index contributed by atoms with van der Waals surface area (Å²) in [5.41, 5.74) is 6.30. The van der Waals surface area contributed by atoms with Crippen LogP contribution in [0.15, 0.2) is 24.3 Å². The van der Waals surface area contributed by atoms with Crippen molar-refractivity contribution in [1.82, 2.24) is 4.90 Å². The molecule has 1 saturated heterocycles. The van der Waals surface area contributed by atoms with Crippen LogP contribution in [0, 0.1) is 5.82 Å². The van der Waals surface area contributed by atoms with Gasteiger partial charge in [0, 0.05) is 19.5 Å². The van der Waals surface area contributed by atoms with Crippen molar-refractivity contribution in [3.8, 4) is 0 Å². The van der Waals surface area contributed by atoms with Crippen LogP contribution in [0.5, 0.6) is 0 Å². The lowest BCUT2D eigenvalue weighted by molar-refractivity contribution is -0.144. The molecule has 0 bridgehead atoms. The van der Waals surface area contributed by atoms with Gasteiger partial charge in [-0.15, -0.1) is 0 Å². The minimum atomic E-state index is -0.274. The van der Waals surface area contributed by atoms with Gasteiger partial charge in [0.15, 0.2) is 0 Å². The highest BCUT2D eigenvalue weighted by atomic mass is 19.1. The zero-order chi connectivity index (χ0) is 13.8. The average Bonchev–Trinajstić information content (AvgIpc) is 2.39. The van der Waals surface area contributed by atoms with Gasteiger partial charge in [-0.25, -0.2) is 4.39 Å². The van der Waals surface area contributed by atoms with E-state index < -0.39 is 0 Å². The lowest BCUT2D eigenvalue weighted by Crippen LogP contribution is -2.46. The number of ether oxygens (including phenoxy) is 1. The predicted molar refractivity (Wildman–Crippen MR) is 69.9 cm³/mol. The first kappa shape index (κ1) is 14.0. The zero-order valence-corrected chi connectivity index (χ0v) is 11.0. The van der Waals surface area contributed by atoms with Gasteiger partial charge in [0.2, 0.25) is 5.91 Å².